The minimum Gasteiger partial charge on any atom is -0.390 e. The van der Waals surface area contributed by atoms with E-state index in [2.05, 4.69) is 15.9 Å². The van der Waals surface area contributed by atoms with Crippen molar-refractivity contribution in [3.8, 4) is 0 Å². The molecular weight excluding hydrogens is 437 g/mol. The molecule has 1 aromatic heterocycles. The predicted molar refractivity (Wildman–Crippen MR) is 127 cm³/mol. The standard InChI is InChI=1S/C23H23Cl2N3OS/c1-15-20(21(23(26)30-15)22(29)16-5-7-17(24)8-6-16)14-27-9-11-28(12-10-27)19-4-2-3-18(25)13-19/h2-8,13H,9-12,14,26H2,1H3. The van der Waals surface area contributed by atoms with Crippen molar-refractivity contribution in [1.82, 2.24) is 4.90 Å². The molecule has 4 nitrogen and oxygen atoms in total. The van der Waals surface area contributed by atoms with Crippen LogP contribution in [0, 0.1) is 6.92 Å². The van der Waals surface area contributed by atoms with E-state index in [1.807, 2.05) is 25.1 Å². The zero-order valence-electron chi connectivity index (χ0n) is 16.7. The number of hydrogen-bond donors (Lipinski definition) is 1. The molecule has 4 rings (SSSR count). The molecular formula is C23H23Cl2N3OS. The number of aryl methyl sites for hydroxylation is 1. The molecule has 1 aliphatic rings. The molecule has 1 aliphatic heterocycles. The lowest BCUT2D eigenvalue weighted by atomic mass is 9.99. The average Bonchev–Trinajstić information content (AvgIpc) is 3.01. The molecule has 2 heterocycles. The van der Waals surface area contributed by atoms with Gasteiger partial charge in [0.25, 0.3) is 0 Å². The maximum atomic E-state index is 13.2. The Hall–Kier alpha value is -2.05. The van der Waals surface area contributed by atoms with Crippen LogP contribution >= 0.6 is 34.5 Å². The Morgan fingerprint density at radius 2 is 1.73 bits per heavy atom. The number of rotatable bonds is 5. The molecule has 0 amide bonds. The Balaban J connectivity index is 1.49. The fourth-order valence-corrected chi connectivity index (χ4v) is 5.10. The monoisotopic (exact) mass is 459 g/mol. The van der Waals surface area contributed by atoms with Gasteiger partial charge in [-0.25, -0.2) is 0 Å². The third-order valence-electron chi connectivity index (χ3n) is 5.50. The van der Waals surface area contributed by atoms with Gasteiger partial charge in [0.1, 0.15) is 0 Å². The largest absolute Gasteiger partial charge is 0.390 e. The van der Waals surface area contributed by atoms with Gasteiger partial charge >= 0.3 is 0 Å². The quantitative estimate of drug-likeness (QED) is 0.511. The van der Waals surface area contributed by atoms with Gasteiger partial charge in [-0.2, -0.15) is 0 Å². The lowest BCUT2D eigenvalue weighted by Gasteiger charge is -2.36. The van der Waals surface area contributed by atoms with Gasteiger partial charge in [0.2, 0.25) is 0 Å². The number of anilines is 2. The van der Waals surface area contributed by atoms with Crippen LogP contribution in [0.15, 0.2) is 48.5 Å². The molecule has 0 aliphatic carbocycles. The van der Waals surface area contributed by atoms with E-state index in [0.29, 0.717) is 21.2 Å². The molecule has 2 aromatic carbocycles. The van der Waals surface area contributed by atoms with E-state index in [0.717, 1.165) is 53.9 Å². The summed E-state index contributed by atoms with van der Waals surface area (Å²) in [6.45, 7) is 6.42. The molecule has 0 spiro atoms. The Morgan fingerprint density at radius 3 is 2.40 bits per heavy atom. The van der Waals surface area contributed by atoms with Gasteiger partial charge in [-0.15, -0.1) is 11.3 Å². The number of carbonyl (C=O) groups is 1. The summed E-state index contributed by atoms with van der Waals surface area (Å²) in [5.41, 5.74) is 9.69. The zero-order valence-corrected chi connectivity index (χ0v) is 19.0. The predicted octanol–water partition coefficient (Wildman–Crippen LogP) is 5.50. The van der Waals surface area contributed by atoms with Crippen LogP contribution in [0.1, 0.15) is 26.4 Å². The molecule has 0 bridgehead atoms. The third-order valence-corrected chi connectivity index (χ3v) is 6.96. The number of nitrogens with zero attached hydrogens (tertiary/aromatic N) is 2. The number of halogens is 2. The number of hydrogen-bond acceptors (Lipinski definition) is 5. The van der Waals surface area contributed by atoms with E-state index in [9.17, 15) is 4.79 Å². The van der Waals surface area contributed by atoms with Crippen LogP contribution in [0.3, 0.4) is 0 Å². The molecule has 1 fully saturated rings. The summed E-state index contributed by atoms with van der Waals surface area (Å²) in [4.78, 5) is 19.0. The first-order valence-electron chi connectivity index (χ1n) is 9.83. The van der Waals surface area contributed by atoms with Crippen molar-refractivity contribution in [2.75, 3.05) is 36.8 Å². The molecule has 0 radical (unpaired) electrons. The Bertz CT molecular complexity index is 1060. The fraction of sp³-hybridized carbons (Fsp3) is 0.261. The topological polar surface area (TPSA) is 49.6 Å². The lowest BCUT2D eigenvalue weighted by molar-refractivity contribution is 0.103. The first kappa shape index (κ1) is 21.2. The van der Waals surface area contributed by atoms with Gasteiger partial charge < -0.3 is 10.6 Å². The molecule has 0 atom stereocenters. The van der Waals surface area contributed by atoms with Crippen molar-refractivity contribution in [3.63, 3.8) is 0 Å². The second kappa shape index (κ2) is 8.98. The summed E-state index contributed by atoms with van der Waals surface area (Å²) in [6, 6.07) is 15.0. The molecule has 3 aromatic rings. The maximum absolute atomic E-state index is 13.2. The van der Waals surface area contributed by atoms with Crippen molar-refractivity contribution >= 4 is 51.0 Å². The Labute approximate surface area is 190 Å². The molecule has 7 heteroatoms. The number of piperazine rings is 1. The number of benzene rings is 2. The SMILES string of the molecule is Cc1sc(N)c(C(=O)c2ccc(Cl)cc2)c1CN1CCN(c2cccc(Cl)c2)CC1. The van der Waals surface area contributed by atoms with E-state index in [1.54, 1.807) is 24.3 Å². The van der Waals surface area contributed by atoms with Gasteiger partial charge in [-0.05, 0) is 55.0 Å². The smallest absolute Gasteiger partial charge is 0.196 e. The van der Waals surface area contributed by atoms with Gasteiger partial charge in [0.15, 0.2) is 5.78 Å². The average molecular weight is 460 g/mol. The fourth-order valence-electron chi connectivity index (χ4n) is 3.85. The van der Waals surface area contributed by atoms with Crippen molar-refractivity contribution in [2.45, 2.75) is 13.5 Å². The van der Waals surface area contributed by atoms with E-state index in [-0.39, 0.29) is 5.78 Å². The zero-order chi connectivity index (χ0) is 21.3. The molecule has 30 heavy (non-hydrogen) atoms. The molecule has 0 saturated carbocycles. The summed E-state index contributed by atoms with van der Waals surface area (Å²) in [5, 5.41) is 1.95. The summed E-state index contributed by atoms with van der Waals surface area (Å²) in [7, 11) is 0. The minimum atomic E-state index is -0.0407. The van der Waals surface area contributed by atoms with Crippen LogP contribution in [0.4, 0.5) is 10.7 Å². The summed E-state index contributed by atoms with van der Waals surface area (Å²) < 4.78 is 0. The first-order chi connectivity index (χ1) is 14.4. The van der Waals surface area contributed by atoms with E-state index < -0.39 is 0 Å². The number of thiophene rings is 1. The van der Waals surface area contributed by atoms with Crippen molar-refractivity contribution < 1.29 is 4.79 Å². The highest BCUT2D eigenvalue weighted by Gasteiger charge is 2.25. The van der Waals surface area contributed by atoms with Crippen molar-refractivity contribution in [3.05, 3.63) is 80.1 Å². The molecule has 0 unspecified atom stereocenters. The number of carbonyl (C=O) groups excluding carboxylic acids is 1. The molecule has 2 N–H and O–H groups in total. The first-order valence-corrected chi connectivity index (χ1v) is 11.4. The Kier molecular flexibility index (Phi) is 6.34. The van der Waals surface area contributed by atoms with E-state index in [1.165, 1.54) is 11.3 Å². The Morgan fingerprint density at radius 1 is 1.03 bits per heavy atom. The highest BCUT2D eigenvalue weighted by Crippen LogP contribution is 2.34. The van der Waals surface area contributed by atoms with Crippen LogP contribution in [0.2, 0.25) is 10.0 Å². The van der Waals surface area contributed by atoms with Gasteiger partial charge in [0.05, 0.1) is 10.6 Å². The minimum absolute atomic E-state index is 0.0407. The van der Waals surface area contributed by atoms with Crippen LogP contribution in [0.5, 0.6) is 0 Å². The van der Waals surface area contributed by atoms with Crippen LogP contribution in [-0.4, -0.2) is 36.9 Å². The number of nitrogens with two attached hydrogens (primary N) is 1. The van der Waals surface area contributed by atoms with E-state index in [4.69, 9.17) is 28.9 Å². The van der Waals surface area contributed by atoms with Gasteiger partial charge in [-0.1, -0.05) is 29.3 Å². The highest BCUT2D eigenvalue weighted by molar-refractivity contribution is 7.16. The van der Waals surface area contributed by atoms with Crippen LogP contribution in [0.25, 0.3) is 0 Å². The lowest BCUT2D eigenvalue weighted by Crippen LogP contribution is -2.46. The summed E-state index contributed by atoms with van der Waals surface area (Å²) in [5.74, 6) is -0.0407. The second-order valence-electron chi connectivity index (χ2n) is 7.46. The maximum Gasteiger partial charge on any atom is 0.196 e. The normalized spacial score (nSPS) is 14.8. The van der Waals surface area contributed by atoms with Gasteiger partial charge in [0, 0.05) is 58.9 Å². The summed E-state index contributed by atoms with van der Waals surface area (Å²) >= 11 is 13.6. The van der Waals surface area contributed by atoms with Crippen LogP contribution < -0.4 is 10.6 Å². The van der Waals surface area contributed by atoms with Gasteiger partial charge in [-0.3, -0.25) is 9.69 Å². The number of nitrogen functional groups attached to an aromatic ring is 1. The van der Waals surface area contributed by atoms with Crippen molar-refractivity contribution in [1.29, 1.82) is 0 Å². The van der Waals surface area contributed by atoms with Crippen LogP contribution in [-0.2, 0) is 6.54 Å². The van der Waals surface area contributed by atoms with Crippen molar-refractivity contribution in [2.24, 2.45) is 0 Å². The molecule has 156 valence electrons. The number of ketones is 1. The van der Waals surface area contributed by atoms with E-state index >= 15 is 0 Å². The second-order valence-corrected chi connectivity index (χ2v) is 9.58. The third kappa shape index (κ3) is 4.49. The highest BCUT2D eigenvalue weighted by atomic mass is 35.5. The summed E-state index contributed by atoms with van der Waals surface area (Å²) in [6.07, 6.45) is 0. The molecule has 1 saturated heterocycles.